The molecule has 0 aliphatic heterocycles. The maximum atomic E-state index is 12.8. The van der Waals surface area contributed by atoms with E-state index in [1.165, 1.54) is 6.08 Å². The van der Waals surface area contributed by atoms with Gasteiger partial charge in [-0.1, -0.05) is 17.7 Å². The van der Waals surface area contributed by atoms with Crippen molar-refractivity contribution in [2.75, 3.05) is 0 Å². The summed E-state index contributed by atoms with van der Waals surface area (Å²) in [6.07, 6.45) is 8.16. The highest BCUT2D eigenvalue weighted by Crippen LogP contribution is 2.19. The largest absolute Gasteiger partial charge is 0.467 e. The van der Waals surface area contributed by atoms with E-state index < -0.39 is 0 Å². The molecule has 0 radical (unpaired) electrons. The van der Waals surface area contributed by atoms with Gasteiger partial charge in [0.15, 0.2) is 5.15 Å². The summed E-state index contributed by atoms with van der Waals surface area (Å²) in [5.74, 6) is 1.19. The quantitative estimate of drug-likeness (QED) is 0.464. The molecule has 136 valence electrons. The molecule has 0 N–H and O–H groups in total. The minimum absolute atomic E-state index is 0.190. The number of nitrogens with zero attached hydrogens (tertiary/aromatic N) is 3. The zero-order chi connectivity index (χ0) is 18.6. The Bertz CT molecular complexity index is 1030. The summed E-state index contributed by atoms with van der Waals surface area (Å²) >= 11 is 6.22. The minimum Gasteiger partial charge on any atom is -0.467 e. The molecule has 4 aromatic rings. The van der Waals surface area contributed by atoms with Crippen molar-refractivity contribution < 1.29 is 13.6 Å². The smallest absolute Gasteiger partial charge is 0.247 e. The van der Waals surface area contributed by atoms with Crippen LogP contribution in [0.1, 0.15) is 17.2 Å². The molecule has 7 heteroatoms. The molecule has 0 bridgehead atoms. The summed E-state index contributed by atoms with van der Waals surface area (Å²) in [7, 11) is 0. The number of aromatic nitrogens is 2. The van der Waals surface area contributed by atoms with E-state index in [-0.39, 0.29) is 5.91 Å². The molecule has 0 aromatic carbocycles. The first-order chi connectivity index (χ1) is 13.2. The maximum absolute atomic E-state index is 12.8. The van der Waals surface area contributed by atoms with Crippen LogP contribution in [0.25, 0.3) is 11.7 Å². The monoisotopic (exact) mass is 381 g/mol. The van der Waals surface area contributed by atoms with Crippen LogP contribution in [-0.2, 0) is 17.9 Å². The van der Waals surface area contributed by atoms with E-state index in [4.69, 9.17) is 20.4 Å². The molecule has 0 aliphatic rings. The number of halogens is 1. The summed E-state index contributed by atoms with van der Waals surface area (Å²) in [6.45, 7) is 0.662. The van der Waals surface area contributed by atoms with E-state index in [2.05, 4.69) is 4.98 Å². The van der Waals surface area contributed by atoms with Crippen molar-refractivity contribution in [3.63, 3.8) is 0 Å². The first kappa shape index (κ1) is 17.2. The van der Waals surface area contributed by atoms with Crippen LogP contribution in [0.4, 0.5) is 0 Å². The highest BCUT2D eigenvalue weighted by atomic mass is 35.5. The number of pyridine rings is 1. The lowest BCUT2D eigenvalue weighted by atomic mass is 10.3. The number of fused-ring (bicyclic) bond motifs is 1. The first-order valence-corrected chi connectivity index (χ1v) is 8.73. The third-order valence-electron chi connectivity index (χ3n) is 4.07. The van der Waals surface area contributed by atoms with Crippen LogP contribution in [0.2, 0.25) is 5.15 Å². The Morgan fingerprint density at radius 3 is 2.41 bits per heavy atom. The summed E-state index contributed by atoms with van der Waals surface area (Å²) in [6, 6.07) is 12.8. The van der Waals surface area contributed by atoms with Crippen molar-refractivity contribution in [2.24, 2.45) is 0 Å². The molecule has 4 heterocycles. The lowest BCUT2D eigenvalue weighted by Gasteiger charge is -2.18. The Morgan fingerprint density at radius 2 is 1.78 bits per heavy atom. The van der Waals surface area contributed by atoms with Gasteiger partial charge in [0, 0.05) is 12.3 Å². The molecule has 0 spiro atoms. The molecular weight excluding hydrogens is 366 g/mol. The molecule has 6 nitrogen and oxygen atoms in total. The number of hydrogen-bond donors (Lipinski definition) is 0. The van der Waals surface area contributed by atoms with Crippen molar-refractivity contribution in [3.8, 4) is 0 Å². The van der Waals surface area contributed by atoms with Crippen molar-refractivity contribution in [3.05, 3.63) is 89.6 Å². The van der Waals surface area contributed by atoms with Gasteiger partial charge in [-0.25, -0.2) is 4.98 Å². The fourth-order valence-corrected chi connectivity index (χ4v) is 3.02. The molecule has 4 aromatic heterocycles. The standard InChI is InChI=1S/C20H16ClN3O3/c21-20-17(24-10-2-1-7-18(24)22-20)8-9-19(25)23(13-15-5-3-11-26-15)14-16-6-4-12-27-16/h1-12H,13-14H2/b9-8+. The zero-order valence-corrected chi connectivity index (χ0v) is 15.0. The van der Waals surface area contributed by atoms with Gasteiger partial charge in [-0.05, 0) is 42.5 Å². The molecule has 1 amide bonds. The molecule has 0 atom stereocenters. The Hall–Kier alpha value is -3.25. The van der Waals surface area contributed by atoms with Crippen LogP contribution in [0.3, 0.4) is 0 Å². The van der Waals surface area contributed by atoms with Crippen LogP contribution in [0, 0.1) is 0 Å². The number of furan rings is 2. The van der Waals surface area contributed by atoms with Gasteiger partial charge in [0.25, 0.3) is 0 Å². The molecule has 0 aliphatic carbocycles. The SMILES string of the molecule is O=C(/C=C/c1c(Cl)nc2ccccn12)N(Cc1ccco1)Cc1ccco1. The van der Waals surface area contributed by atoms with Gasteiger partial charge >= 0.3 is 0 Å². The fraction of sp³-hybridized carbons (Fsp3) is 0.100. The van der Waals surface area contributed by atoms with Gasteiger partial charge in [0.1, 0.15) is 17.2 Å². The normalized spacial score (nSPS) is 11.4. The van der Waals surface area contributed by atoms with E-state index in [0.29, 0.717) is 35.5 Å². The molecule has 0 unspecified atom stereocenters. The summed E-state index contributed by atoms with van der Waals surface area (Å²) < 4.78 is 12.6. The van der Waals surface area contributed by atoms with Gasteiger partial charge in [0.05, 0.1) is 31.3 Å². The third kappa shape index (κ3) is 3.80. The highest BCUT2D eigenvalue weighted by Gasteiger charge is 2.16. The Morgan fingerprint density at radius 1 is 1.07 bits per heavy atom. The Kier molecular flexibility index (Phi) is 4.80. The Balaban J connectivity index is 1.58. The first-order valence-electron chi connectivity index (χ1n) is 8.35. The van der Waals surface area contributed by atoms with Crippen molar-refractivity contribution in [1.82, 2.24) is 14.3 Å². The average molecular weight is 382 g/mol. The van der Waals surface area contributed by atoms with Crippen molar-refractivity contribution in [2.45, 2.75) is 13.1 Å². The maximum Gasteiger partial charge on any atom is 0.247 e. The summed E-state index contributed by atoms with van der Waals surface area (Å²) in [5.41, 5.74) is 1.37. The van der Waals surface area contributed by atoms with E-state index in [0.717, 1.165) is 5.65 Å². The van der Waals surface area contributed by atoms with Crippen LogP contribution < -0.4 is 0 Å². The second kappa shape index (κ2) is 7.55. The van der Waals surface area contributed by atoms with Gasteiger partial charge in [-0.15, -0.1) is 0 Å². The van der Waals surface area contributed by atoms with E-state index in [1.54, 1.807) is 35.6 Å². The molecule has 0 fully saturated rings. The topological polar surface area (TPSA) is 63.9 Å². The summed E-state index contributed by atoms with van der Waals surface area (Å²) in [5, 5.41) is 0.342. The number of hydrogen-bond acceptors (Lipinski definition) is 4. The minimum atomic E-state index is -0.190. The van der Waals surface area contributed by atoms with Gasteiger partial charge in [-0.3, -0.25) is 9.20 Å². The van der Waals surface area contributed by atoms with Gasteiger partial charge < -0.3 is 13.7 Å². The molecule has 0 saturated heterocycles. The number of rotatable bonds is 6. The Labute approximate surface area is 160 Å². The highest BCUT2D eigenvalue weighted by molar-refractivity contribution is 6.31. The van der Waals surface area contributed by atoms with Crippen LogP contribution in [0.5, 0.6) is 0 Å². The number of amides is 1. The zero-order valence-electron chi connectivity index (χ0n) is 14.3. The van der Waals surface area contributed by atoms with Gasteiger partial charge in [-0.2, -0.15) is 0 Å². The van der Waals surface area contributed by atoms with Crippen LogP contribution in [-0.4, -0.2) is 20.2 Å². The summed E-state index contributed by atoms with van der Waals surface area (Å²) in [4.78, 5) is 18.7. The van der Waals surface area contributed by atoms with Crippen LogP contribution >= 0.6 is 11.6 Å². The molecular formula is C20H16ClN3O3. The number of carbonyl (C=O) groups excluding carboxylic acids is 1. The van der Waals surface area contributed by atoms with Crippen molar-refractivity contribution in [1.29, 1.82) is 0 Å². The van der Waals surface area contributed by atoms with Crippen molar-refractivity contribution >= 4 is 29.2 Å². The second-order valence-electron chi connectivity index (χ2n) is 5.90. The predicted octanol–water partition coefficient (Wildman–Crippen LogP) is 4.42. The lowest BCUT2D eigenvalue weighted by molar-refractivity contribution is -0.127. The van der Waals surface area contributed by atoms with E-state index in [1.807, 2.05) is 40.9 Å². The lowest BCUT2D eigenvalue weighted by Crippen LogP contribution is -2.28. The van der Waals surface area contributed by atoms with Gasteiger partial charge in [0.2, 0.25) is 5.91 Å². The van der Waals surface area contributed by atoms with Crippen LogP contribution in [0.15, 0.2) is 76.1 Å². The number of carbonyl (C=O) groups is 1. The average Bonchev–Trinajstić information content (AvgIpc) is 3.41. The number of imidazole rings is 1. The van der Waals surface area contributed by atoms with E-state index in [9.17, 15) is 4.79 Å². The molecule has 4 rings (SSSR count). The van der Waals surface area contributed by atoms with E-state index >= 15 is 0 Å². The third-order valence-corrected chi connectivity index (χ3v) is 4.35. The second-order valence-corrected chi connectivity index (χ2v) is 6.26. The fourth-order valence-electron chi connectivity index (χ4n) is 2.78. The molecule has 27 heavy (non-hydrogen) atoms. The predicted molar refractivity (Wildman–Crippen MR) is 101 cm³/mol. The molecule has 0 saturated carbocycles.